The summed E-state index contributed by atoms with van der Waals surface area (Å²) in [5.41, 5.74) is 11.3. The molecule has 0 radical (unpaired) electrons. The molecular formula is C65H84N10O18. The van der Waals surface area contributed by atoms with Gasteiger partial charge in [-0.25, -0.2) is 14.4 Å². The van der Waals surface area contributed by atoms with Crippen LogP contribution in [0.4, 0.5) is 25.8 Å². The van der Waals surface area contributed by atoms with Crippen molar-refractivity contribution in [3.8, 4) is 11.5 Å². The molecule has 2 saturated heterocycles. The number of nitrogens with two attached hydrogens (primary N) is 2. The number of aromatic hydroxyl groups is 2. The number of amides is 9. The Kier molecular flexibility index (Phi) is 23.7. The summed E-state index contributed by atoms with van der Waals surface area (Å²) in [6.07, 6.45) is 1.26. The highest BCUT2D eigenvalue weighted by atomic mass is 16.7. The highest BCUT2D eigenvalue weighted by Crippen LogP contribution is 2.52. The molecule has 2 aliphatic carbocycles. The summed E-state index contributed by atoms with van der Waals surface area (Å²) in [6, 6.07) is 7.98. The Hall–Kier alpha value is -8.99. The van der Waals surface area contributed by atoms with E-state index in [1.165, 1.54) is 49.3 Å². The summed E-state index contributed by atoms with van der Waals surface area (Å²) in [6.45, 7) is 8.68. The molecule has 0 aromatic heterocycles. The number of ketones is 3. The second-order valence-electron chi connectivity index (χ2n) is 24.6. The summed E-state index contributed by atoms with van der Waals surface area (Å²) < 4.78 is 29.7. The monoisotopic (exact) mass is 1290 g/mol. The molecule has 28 heteroatoms. The minimum Gasteiger partial charge on any atom is -0.507 e. The van der Waals surface area contributed by atoms with Crippen LogP contribution in [0.2, 0.25) is 0 Å². The van der Waals surface area contributed by atoms with Gasteiger partial charge in [-0.1, -0.05) is 44.5 Å². The first-order chi connectivity index (χ1) is 44.3. The van der Waals surface area contributed by atoms with Crippen LogP contribution in [0.25, 0.3) is 0 Å². The summed E-state index contributed by atoms with van der Waals surface area (Å²) in [5.74, 6) is -6.94. The number of carbonyl (C=O) groups is 11. The van der Waals surface area contributed by atoms with E-state index in [0.29, 0.717) is 63.1 Å². The van der Waals surface area contributed by atoms with Gasteiger partial charge in [-0.15, -0.1) is 0 Å². The van der Waals surface area contributed by atoms with Gasteiger partial charge >= 0.3 is 18.2 Å². The summed E-state index contributed by atoms with van der Waals surface area (Å²) >= 11 is 0. The molecule has 8 rings (SSSR count). The highest BCUT2D eigenvalue weighted by molar-refractivity contribution is 6.32. The first-order valence-corrected chi connectivity index (χ1v) is 31.4. The van der Waals surface area contributed by atoms with Crippen LogP contribution < -0.4 is 32.7 Å². The molecule has 3 heterocycles. The van der Waals surface area contributed by atoms with Gasteiger partial charge in [0, 0.05) is 118 Å². The number of imide groups is 1. The van der Waals surface area contributed by atoms with Gasteiger partial charge in [0.2, 0.25) is 17.7 Å². The normalized spacial score (nSPS) is 20.8. The van der Waals surface area contributed by atoms with Crippen molar-refractivity contribution in [2.45, 2.75) is 141 Å². The van der Waals surface area contributed by atoms with Gasteiger partial charge < -0.3 is 76.4 Å². The second kappa shape index (κ2) is 31.6. The number of nitrogens with zero attached hydrogens (tertiary/aromatic N) is 4. The predicted molar refractivity (Wildman–Crippen MR) is 334 cm³/mol. The molecule has 93 heavy (non-hydrogen) atoms. The summed E-state index contributed by atoms with van der Waals surface area (Å²) in [7, 11) is 2.87. The highest BCUT2D eigenvalue weighted by Gasteiger charge is 2.46. The first-order valence-electron chi connectivity index (χ1n) is 31.4. The molecule has 9 amide bonds. The lowest BCUT2D eigenvalue weighted by Crippen LogP contribution is -2.54. The maximum atomic E-state index is 14.2. The Morgan fingerprint density at radius 1 is 0.796 bits per heavy atom. The van der Waals surface area contributed by atoms with E-state index in [2.05, 4.69) is 33.1 Å². The number of fused-ring (bicyclic) bond motifs is 3. The van der Waals surface area contributed by atoms with Crippen molar-refractivity contribution in [2.75, 3.05) is 77.7 Å². The van der Waals surface area contributed by atoms with Crippen LogP contribution in [-0.4, -0.2) is 198 Å². The van der Waals surface area contributed by atoms with E-state index in [1.807, 2.05) is 6.92 Å². The standard InChI is InChI=1S/C65H84N10O18/c1-35(2)56(71-48(77)15-8-7-9-23-75-49(78)20-21-50(75)79)62(85)70-45(14-11-22-68-63(67)86)61(84)69-40-18-16-38(17-19-40)33-90-64(87)72(5)24-25-73(6)65(88)91-34-46(76)39-29-43-53(47(30-39)93-51-31-41(28-37(4)92-51)74-26-27-89-32-36(74)3)60(83)55-54(58(43)81)57(80)42-12-10-13-44(66)52(42)59(55)82/h10,12-13,16-21,35-37,39,41,45,47,51,56,81,83H,7-9,11,14-15,22-34,66H2,1-6H3,(H,69,84)(H,70,85)(H,71,77)(H3,67,68,86)/t36-,37+,39-,41-,45+,47?,51+,56+/m1/s1. The number of unbranched alkanes of at least 4 members (excludes halogenated alkanes) is 2. The van der Waals surface area contributed by atoms with E-state index in [9.17, 15) is 63.0 Å². The lowest BCUT2D eigenvalue weighted by atomic mass is 9.73. The number of rotatable bonds is 27. The van der Waals surface area contributed by atoms with E-state index in [1.54, 1.807) is 38.1 Å². The zero-order valence-electron chi connectivity index (χ0n) is 53.2. The molecule has 28 nitrogen and oxygen atoms in total. The van der Waals surface area contributed by atoms with E-state index in [0.717, 1.165) is 9.80 Å². The average molecular weight is 1290 g/mol. The minimum absolute atomic E-state index is 0.0149. The molecule has 10 N–H and O–H groups in total. The van der Waals surface area contributed by atoms with Crippen LogP contribution in [0.1, 0.15) is 140 Å². The molecule has 0 bridgehead atoms. The number of benzene rings is 3. The van der Waals surface area contributed by atoms with E-state index in [4.69, 9.17) is 35.2 Å². The number of anilines is 2. The van der Waals surface area contributed by atoms with Crippen molar-refractivity contribution >= 4 is 76.5 Å². The number of likely N-dealkylation sites (N-methyl/N-ethyl adjacent to an activating group) is 2. The molecule has 3 aliphatic heterocycles. The van der Waals surface area contributed by atoms with Gasteiger partial charge in [-0.2, -0.15) is 0 Å². The third-order valence-corrected chi connectivity index (χ3v) is 17.4. The van der Waals surface area contributed by atoms with Gasteiger partial charge in [0.25, 0.3) is 11.8 Å². The van der Waals surface area contributed by atoms with Crippen molar-refractivity contribution in [1.82, 2.24) is 35.6 Å². The molecule has 0 spiro atoms. The van der Waals surface area contributed by atoms with Gasteiger partial charge in [0.05, 0.1) is 42.1 Å². The number of ether oxygens (including phenoxy) is 5. The van der Waals surface area contributed by atoms with E-state index < -0.39 is 113 Å². The Balaban J connectivity index is 0.820. The van der Waals surface area contributed by atoms with Crippen LogP contribution in [-0.2, 0) is 65.5 Å². The molecule has 3 aromatic rings. The van der Waals surface area contributed by atoms with E-state index in [-0.39, 0.29) is 129 Å². The van der Waals surface area contributed by atoms with Crippen LogP contribution in [0.5, 0.6) is 11.5 Å². The topological polar surface area (TPSA) is 388 Å². The number of Topliss-reactive ketones (excluding diaryl/α,β-unsaturated/α-hetero) is 1. The Morgan fingerprint density at radius 3 is 2.16 bits per heavy atom. The van der Waals surface area contributed by atoms with Crippen molar-refractivity contribution in [1.29, 1.82) is 0 Å². The van der Waals surface area contributed by atoms with E-state index >= 15 is 0 Å². The summed E-state index contributed by atoms with van der Waals surface area (Å²) in [5, 5.41) is 34.8. The first kappa shape index (κ1) is 69.9. The smallest absolute Gasteiger partial charge is 0.409 e. The molecule has 2 fully saturated rings. The molecule has 5 aliphatic rings. The largest absolute Gasteiger partial charge is 0.507 e. The zero-order valence-corrected chi connectivity index (χ0v) is 53.2. The minimum atomic E-state index is -1.15. The lowest BCUT2D eigenvalue weighted by molar-refractivity contribution is -0.232. The van der Waals surface area contributed by atoms with Gasteiger partial charge in [0.1, 0.15) is 30.2 Å². The quantitative estimate of drug-likeness (QED) is 0.0180. The number of primary amides is 1. The number of nitrogen functional groups attached to an aromatic ring is 1. The Bertz CT molecular complexity index is 3360. The van der Waals surface area contributed by atoms with Gasteiger partial charge in [0.15, 0.2) is 30.2 Å². The van der Waals surface area contributed by atoms with Crippen molar-refractivity contribution < 1.29 is 86.6 Å². The number of carbonyl (C=O) groups excluding carboxylic acids is 11. The molecule has 1 unspecified atom stereocenters. The molecular weight excluding hydrogens is 1210 g/mol. The number of phenols is 2. The maximum absolute atomic E-state index is 14.2. The van der Waals surface area contributed by atoms with Crippen LogP contribution in [0, 0.1) is 11.8 Å². The number of hydrogen-bond donors (Lipinski definition) is 8. The number of urea groups is 1. The molecule has 502 valence electrons. The number of hydrogen-bond acceptors (Lipinski definition) is 20. The summed E-state index contributed by atoms with van der Waals surface area (Å²) in [4.78, 5) is 150. The van der Waals surface area contributed by atoms with Crippen molar-refractivity contribution in [3.05, 3.63) is 93.6 Å². The number of phenolic OH excluding ortho intramolecular Hbond substituents is 2. The zero-order chi connectivity index (χ0) is 67.4. The van der Waals surface area contributed by atoms with Crippen LogP contribution in [0.3, 0.4) is 0 Å². The van der Waals surface area contributed by atoms with Crippen molar-refractivity contribution in [2.24, 2.45) is 17.6 Å². The predicted octanol–water partition coefficient (Wildman–Crippen LogP) is 4.09. The fraction of sp³-hybridized carbons (Fsp3) is 0.523. The van der Waals surface area contributed by atoms with Crippen molar-refractivity contribution in [3.63, 3.8) is 0 Å². The third-order valence-electron chi connectivity index (χ3n) is 17.4. The second-order valence-corrected chi connectivity index (χ2v) is 24.6. The van der Waals surface area contributed by atoms with Crippen LogP contribution >= 0.6 is 0 Å². The van der Waals surface area contributed by atoms with Gasteiger partial charge in [-0.3, -0.25) is 48.2 Å². The fourth-order valence-electron chi connectivity index (χ4n) is 12.3. The lowest BCUT2D eigenvalue weighted by Gasteiger charge is -2.45. The fourth-order valence-corrected chi connectivity index (χ4v) is 12.3. The van der Waals surface area contributed by atoms with Crippen LogP contribution in [0.15, 0.2) is 54.6 Å². The molecule has 8 atom stereocenters. The maximum Gasteiger partial charge on any atom is 0.409 e. The average Bonchev–Trinajstić information content (AvgIpc) is 1.11. The molecule has 3 aromatic carbocycles. The molecule has 0 saturated carbocycles. The Morgan fingerprint density at radius 2 is 1.48 bits per heavy atom. The Labute approximate surface area is 538 Å². The number of nitrogens with one attached hydrogen (secondary N) is 4. The number of morpholine rings is 1. The third kappa shape index (κ3) is 17.4. The SMILES string of the molecule is CC(C)[C@H](NC(=O)CCCCCN1C(=O)C=CC1=O)C(=O)N[C@@H](CCCNC(N)=O)C(=O)Nc1ccc(COC(=O)N(C)CCN(C)C(=O)OCC(=O)[C@@H]2Cc3c(O)c4c(c(O)c3C(O[C@H]3C[C@H](N5CCOC[C@H]5C)C[C@H](C)O3)C2)C(=O)c2c(N)cccc2C4=O)cc1. The van der Waals surface area contributed by atoms with Gasteiger partial charge in [-0.05, 0) is 88.5 Å².